The minimum absolute atomic E-state index is 0.0798. The van der Waals surface area contributed by atoms with Crippen LogP contribution in [0.15, 0.2) is 35.2 Å². The van der Waals surface area contributed by atoms with Crippen LogP contribution in [0, 0.1) is 17.0 Å². The fraction of sp³-hybridized carbons (Fsp3) is 0.0769. The van der Waals surface area contributed by atoms with Crippen LogP contribution in [0.25, 0.3) is 0 Å². The van der Waals surface area contributed by atoms with Crippen molar-refractivity contribution < 1.29 is 13.9 Å². The molecule has 2 N–H and O–H groups in total. The first kappa shape index (κ1) is 16.7. The Morgan fingerprint density at radius 2 is 1.91 bits per heavy atom. The molecule has 0 aliphatic rings. The first-order chi connectivity index (χ1) is 10.3. The molecule has 0 amide bonds. The molecular formula is C13H10Cl2N2O4S. The molecule has 0 radical (unpaired) electrons. The molecule has 22 heavy (non-hydrogen) atoms. The number of nitro benzene ring substituents is 1. The summed E-state index contributed by atoms with van der Waals surface area (Å²) in [7, 11) is -1.66. The summed E-state index contributed by atoms with van der Waals surface area (Å²) >= 11 is 12.1. The number of nitrogens with zero attached hydrogens (tertiary/aromatic N) is 1. The Balaban J connectivity index is 2.39. The molecule has 6 nitrogen and oxygen atoms in total. The van der Waals surface area contributed by atoms with Crippen LogP contribution in [-0.4, -0.2) is 9.13 Å². The van der Waals surface area contributed by atoms with E-state index in [2.05, 4.69) is 0 Å². The number of nitro groups is 1. The third-order valence-electron chi connectivity index (χ3n) is 2.77. The van der Waals surface area contributed by atoms with Crippen molar-refractivity contribution in [3.63, 3.8) is 0 Å². The maximum Gasteiger partial charge on any atom is 0.271 e. The van der Waals surface area contributed by atoms with Gasteiger partial charge in [-0.15, -0.1) is 0 Å². The number of hydrogen-bond donors (Lipinski definition) is 1. The van der Waals surface area contributed by atoms with Gasteiger partial charge in [0, 0.05) is 12.1 Å². The van der Waals surface area contributed by atoms with Gasteiger partial charge in [0.2, 0.25) is 0 Å². The maximum atomic E-state index is 11.3. The molecule has 0 saturated heterocycles. The van der Waals surface area contributed by atoms with Gasteiger partial charge in [0.25, 0.3) is 5.69 Å². The first-order valence-electron chi connectivity index (χ1n) is 5.87. The van der Waals surface area contributed by atoms with Crippen molar-refractivity contribution in [1.82, 2.24) is 0 Å². The van der Waals surface area contributed by atoms with Crippen molar-refractivity contribution in [2.45, 2.75) is 11.8 Å². The van der Waals surface area contributed by atoms with Crippen LogP contribution < -0.4 is 9.88 Å². The van der Waals surface area contributed by atoms with Gasteiger partial charge in [-0.25, -0.2) is 9.35 Å². The Bertz CT molecular complexity index is 760. The summed E-state index contributed by atoms with van der Waals surface area (Å²) in [4.78, 5) is 10.5. The first-order valence-corrected chi connectivity index (χ1v) is 7.84. The van der Waals surface area contributed by atoms with Crippen molar-refractivity contribution in [2.75, 3.05) is 0 Å². The van der Waals surface area contributed by atoms with Crippen LogP contribution in [0.5, 0.6) is 11.5 Å². The van der Waals surface area contributed by atoms with E-state index in [9.17, 15) is 14.3 Å². The molecule has 9 heteroatoms. The minimum Gasteiger partial charge on any atom is -0.454 e. The lowest BCUT2D eigenvalue weighted by Gasteiger charge is -2.12. The third kappa shape index (κ3) is 3.56. The lowest BCUT2D eigenvalue weighted by atomic mass is 10.2. The van der Waals surface area contributed by atoms with E-state index in [-0.39, 0.29) is 21.5 Å². The van der Waals surface area contributed by atoms with Gasteiger partial charge in [-0.1, -0.05) is 23.2 Å². The Kier molecular flexibility index (Phi) is 5.02. The summed E-state index contributed by atoms with van der Waals surface area (Å²) < 4.78 is 16.9. The highest BCUT2D eigenvalue weighted by Crippen LogP contribution is 2.38. The number of aryl methyl sites for hydroxylation is 1. The molecule has 0 saturated carbocycles. The number of ether oxygens (including phenoxy) is 1. The molecule has 0 spiro atoms. The van der Waals surface area contributed by atoms with Crippen molar-refractivity contribution in [1.29, 1.82) is 0 Å². The Labute approximate surface area is 138 Å². The summed E-state index contributed by atoms with van der Waals surface area (Å²) in [5.74, 6) is 0.533. The standard InChI is InChI=1S/C13H10Cl2N2O4S/c1-7-4-9(22(16)20)6-11(15)13(7)21-12-3-2-8(17(18)19)5-10(12)14/h2-6H,16H2,1H3. The molecule has 2 aromatic carbocycles. The van der Waals surface area contributed by atoms with Crippen LogP contribution in [0.4, 0.5) is 5.69 Å². The summed E-state index contributed by atoms with van der Waals surface area (Å²) in [5, 5.41) is 16.3. The van der Waals surface area contributed by atoms with Gasteiger partial charge in [-0.2, -0.15) is 0 Å². The van der Waals surface area contributed by atoms with Crippen molar-refractivity contribution in [3.05, 3.63) is 56.1 Å². The summed E-state index contributed by atoms with van der Waals surface area (Å²) in [6.07, 6.45) is 0. The van der Waals surface area contributed by atoms with Crippen LogP contribution in [0.1, 0.15) is 5.56 Å². The SMILES string of the molecule is Cc1cc(S(N)=O)cc(Cl)c1Oc1ccc([N+](=O)[O-])cc1Cl. The molecule has 1 atom stereocenters. The number of non-ortho nitro benzene ring substituents is 1. The molecule has 0 fully saturated rings. The van der Waals surface area contributed by atoms with Gasteiger partial charge >= 0.3 is 0 Å². The lowest BCUT2D eigenvalue weighted by molar-refractivity contribution is -0.384. The number of halogens is 2. The van der Waals surface area contributed by atoms with Crippen LogP contribution in [0.2, 0.25) is 10.0 Å². The second kappa shape index (κ2) is 6.62. The van der Waals surface area contributed by atoms with Crippen LogP contribution in [0.3, 0.4) is 0 Å². The summed E-state index contributed by atoms with van der Waals surface area (Å²) in [6.45, 7) is 1.71. The summed E-state index contributed by atoms with van der Waals surface area (Å²) in [6, 6.07) is 6.85. The highest BCUT2D eigenvalue weighted by Gasteiger charge is 2.15. The Morgan fingerprint density at radius 3 is 2.41 bits per heavy atom. The van der Waals surface area contributed by atoms with Crippen molar-refractivity contribution in [3.8, 4) is 11.5 Å². The highest BCUT2D eigenvalue weighted by molar-refractivity contribution is 7.82. The van der Waals surface area contributed by atoms with Crippen molar-refractivity contribution >= 4 is 39.9 Å². The van der Waals surface area contributed by atoms with Crippen LogP contribution >= 0.6 is 23.2 Å². The van der Waals surface area contributed by atoms with Gasteiger partial charge in [0.05, 0.1) is 19.9 Å². The van der Waals surface area contributed by atoms with Gasteiger partial charge in [0.15, 0.2) is 0 Å². The maximum absolute atomic E-state index is 11.3. The molecule has 0 aliphatic heterocycles. The monoisotopic (exact) mass is 360 g/mol. The van der Waals surface area contributed by atoms with E-state index < -0.39 is 15.9 Å². The largest absolute Gasteiger partial charge is 0.454 e. The fourth-order valence-electron chi connectivity index (χ4n) is 1.74. The molecule has 1 unspecified atom stereocenters. The van der Waals surface area contributed by atoms with E-state index >= 15 is 0 Å². The quantitative estimate of drug-likeness (QED) is 0.658. The average Bonchev–Trinajstić information content (AvgIpc) is 2.43. The predicted molar refractivity (Wildman–Crippen MR) is 85.0 cm³/mol. The van der Waals surface area contributed by atoms with E-state index in [0.717, 1.165) is 0 Å². The van der Waals surface area contributed by atoms with E-state index in [0.29, 0.717) is 16.2 Å². The van der Waals surface area contributed by atoms with E-state index in [1.165, 1.54) is 24.3 Å². The smallest absolute Gasteiger partial charge is 0.271 e. The van der Waals surface area contributed by atoms with E-state index in [1.807, 2.05) is 0 Å². The van der Waals surface area contributed by atoms with Gasteiger partial charge in [-0.3, -0.25) is 10.1 Å². The number of nitrogens with two attached hydrogens (primary N) is 1. The molecular weight excluding hydrogens is 351 g/mol. The second-order valence-electron chi connectivity index (χ2n) is 4.32. The van der Waals surface area contributed by atoms with Crippen molar-refractivity contribution in [2.24, 2.45) is 5.14 Å². The molecule has 0 heterocycles. The van der Waals surface area contributed by atoms with Gasteiger partial charge in [0.1, 0.15) is 22.5 Å². The third-order valence-corrected chi connectivity index (χ3v) is 4.05. The molecule has 0 aliphatic carbocycles. The summed E-state index contributed by atoms with van der Waals surface area (Å²) in [5.41, 5.74) is 0.463. The molecule has 0 aromatic heterocycles. The number of rotatable bonds is 4. The van der Waals surface area contributed by atoms with Gasteiger partial charge < -0.3 is 4.74 Å². The Morgan fingerprint density at radius 1 is 1.23 bits per heavy atom. The zero-order valence-corrected chi connectivity index (χ0v) is 13.5. The normalized spacial score (nSPS) is 12.0. The lowest BCUT2D eigenvalue weighted by Crippen LogP contribution is -2.03. The molecule has 0 bridgehead atoms. The molecule has 116 valence electrons. The van der Waals surface area contributed by atoms with Gasteiger partial charge in [-0.05, 0) is 30.7 Å². The fourth-order valence-corrected chi connectivity index (χ4v) is 2.85. The van der Waals surface area contributed by atoms with E-state index in [4.69, 9.17) is 33.1 Å². The zero-order chi connectivity index (χ0) is 16.4. The molecule has 2 rings (SSSR count). The zero-order valence-electron chi connectivity index (χ0n) is 11.2. The Hall–Kier alpha value is -1.67. The van der Waals surface area contributed by atoms with Crippen LogP contribution in [-0.2, 0) is 11.0 Å². The average molecular weight is 361 g/mol. The van der Waals surface area contributed by atoms with E-state index in [1.54, 1.807) is 13.0 Å². The predicted octanol–water partition coefficient (Wildman–Crippen LogP) is 3.98. The second-order valence-corrected chi connectivity index (χ2v) is 6.20. The minimum atomic E-state index is -1.66. The molecule has 2 aromatic rings. The number of benzene rings is 2. The topological polar surface area (TPSA) is 95.5 Å². The number of hydrogen-bond acceptors (Lipinski definition) is 4. The highest BCUT2D eigenvalue weighted by atomic mass is 35.5.